The minimum absolute atomic E-state index is 0.243. The Morgan fingerprint density at radius 1 is 1.12 bits per heavy atom. The molecule has 0 bridgehead atoms. The molecule has 0 saturated carbocycles. The number of hydrogen-bond donors (Lipinski definition) is 1. The predicted molar refractivity (Wildman–Crippen MR) is 110 cm³/mol. The molecule has 138 valence electrons. The molecule has 0 unspecified atom stereocenters. The second-order valence-electron chi connectivity index (χ2n) is 6.44. The molecule has 26 heavy (non-hydrogen) atoms. The molecule has 0 atom stereocenters. The molecule has 1 N–H and O–H groups in total. The first-order chi connectivity index (χ1) is 12.6. The van der Waals surface area contributed by atoms with Crippen molar-refractivity contribution in [3.05, 3.63) is 64.4 Å². The van der Waals surface area contributed by atoms with Gasteiger partial charge in [0.2, 0.25) is 0 Å². The van der Waals surface area contributed by atoms with Gasteiger partial charge in [0.05, 0.1) is 0 Å². The van der Waals surface area contributed by atoms with Crippen LogP contribution in [0, 0.1) is 5.82 Å². The molecule has 0 radical (unpaired) electrons. The van der Waals surface area contributed by atoms with Gasteiger partial charge in [-0.1, -0.05) is 36.7 Å². The Kier molecular flexibility index (Phi) is 6.46. The highest BCUT2D eigenvalue weighted by Crippen LogP contribution is 2.21. The molecule has 0 spiro atoms. The topological polar surface area (TPSA) is 18.5 Å². The van der Waals surface area contributed by atoms with E-state index in [1.54, 1.807) is 12.1 Å². The largest absolute Gasteiger partial charge is 0.346 e. The number of piperazine rings is 1. The lowest BCUT2D eigenvalue weighted by atomic mass is 10.1. The molecule has 0 amide bonds. The van der Waals surface area contributed by atoms with Crippen LogP contribution in [-0.4, -0.2) is 41.1 Å². The lowest BCUT2D eigenvalue weighted by Gasteiger charge is -2.36. The summed E-state index contributed by atoms with van der Waals surface area (Å²) in [7, 11) is 0. The number of hydrogen-bond acceptors (Lipinski definition) is 2. The molecule has 1 saturated heterocycles. The highest BCUT2D eigenvalue weighted by molar-refractivity contribution is 7.80. The van der Waals surface area contributed by atoms with Gasteiger partial charge in [0, 0.05) is 49.0 Å². The van der Waals surface area contributed by atoms with E-state index in [0.29, 0.717) is 17.1 Å². The molecule has 1 aliphatic rings. The smallest absolute Gasteiger partial charge is 0.173 e. The van der Waals surface area contributed by atoms with Crippen LogP contribution >= 0.6 is 23.8 Å². The van der Waals surface area contributed by atoms with Crippen molar-refractivity contribution in [3.8, 4) is 0 Å². The van der Waals surface area contributed by atoms with Gasteiger partial charge in [0.15, 0.2) is 5.11 Å². The first-order valence-electron chi connectivity index (χ1n) is 8.87. The number of thiocarbonyl (C=S) groups is 1. The fourth-order valence-electron chi connectivity index (χ4n) is 3.04. The fraction of sp³-hybridized carbons (Fsp3) is 0.350. The lowest BCUT2D eigenvalue weighted by molar-refractivity contribution is 0.175. The third-order valence-corrected chi connectivity index (χ3v) is 5.43. The summed E-state index contributed by atoms with van der Waals surface area (Å²) in [6.45, 7) is 5.93. The zero-order valence-electron chi connectivity index (χ0n) is 14.8. The van der Waals surface area contributed by atoms with E-state index in [1.807, 2.05) is 0 Å². The summed E-state index contributed by atoms with van der Waals surface area (Å²) < 4.78 is 14.0. The average Bonchev–Trinajstić information content (AvgIpc) is 2.66. The molecule has 0 aromatic heterocycles. The van der Waals surface area contributed by atoms with Gasteiger partial charge in [-0.2, -0.15) is 0 Å². The van der Waals surface area contributed by atoms with Crippen LogP contribution in [0.5, 0.6) is 0 Å². The van der Waals surface area contributed by atoms with E-state index in [1.165, 1.54) is 11.6 Å². The van der Waals surface area contributed by atoms with Crippen LogP contribution in [0.2, 0.25) is 5.02 Å². The van der Waals surface area contributed by atoms with Gasteiger partial charge < -0.3 is 10.2 Å². The van der Waals surface area contributed by atoms with E-state index in [4.69, 9.17) is 23.8 Å². The SMILES string of the molecule is CCc1ccc(NC(=S)N2CCN(Cc3c(F)cccc3Cl)CC2)cc1. The Morgan fingerprint density at radius 2 is 1.81 bits per heavy atom. The summed E-state index contributed by atoms with van der Waals surface area (Å²) in [6, 6.07) is 13.2. The van der Waals surface area contributed by atoms with Gasteiger partial charge >= 0.3 is 0 Å². The number of anilines is 1. The molecule has 6 heteroatoms. The number of aryl methyl sites for hydroxylation is 1. The van der Waals surface area contributed by atoms with Gasteiger partial charge in [0.1, 0.15) is 5.82 Å². The maximum absolute atomic E-state index is 14.0. The molecule has 3 rings (SSSR count). The molecule has 1 heterocycles. The van der Waals surface area contributed by atoms with Crippen molar-refractivity contribution in [1.82, 2.24) is 9.80 Å². The van der Waals surface area contributed by atoms with E-state index < -0.39 is 0 Å². The van der Waals surface area contributed by atoms with E-state index in [0.717, 1.165) is 43.4 Å². The van der Waals surface area contributed by atoms with Crippen molar-refractivity contribution in [2.24, 2.45) is 0 Å². The monoisotopic (exact) mass is 391 g/mol. The third kappa shape index (κ3) is 4.72. The lowest BCUT2D eigenvalue weighted by Crippen LogP contribution is -2.49. The predicted octanol–water partition coefficient (Wildman–Crippen LogP) is 4.56. The summed E-state index contributed by atoms with van der Waals surface area (Å²) >= 11 is 11.7. The first-order valence-corrected chi connectivity index (χ1v) is 9.65. The highest BCUT2D eigenvalue weighted by atomic mass is 35.5. The molecule has 0 aliphatic carbocycles. The summed E-state index contributed by atoms with van der Waals surface area (Å²) in [4.78, 5) is 4.36. The Morgan fingerprint density at radius 3 is 2.42 bits per heavy atom. The Labute approximate surface area is 164 Å². The number of rotatable bonds is 4. The fourth-order valence-corrected chi connectivity index (χ4v) is 3.57. The average molecular weight is 392 g/mol. The van der Waals surface area contributed by atoms with Crippen molar-refractivity contribution >= 4 is 34.6 Å². The summed E-state index contributed by atoms with van der Waals surface area (Å²) in [5, 5.41) is 4.52. The summed E-state index contributed by atoms with van der Waals surface area (Å²) in [5.74, 6) is -0.243. The zero-order chi connectivity index (χ0) is 18.5. The first kappa shape index (κ1) is 19.1. The van der Waals surface area contributed by atoms with Gasteiger partial charge in [-0.25, -0.2) is 4.39 Å². The van der Waals surface area contributed by atoms with Crippen molar-refractivity contribution in [2.75, 3.05) is 31.5 Å². The normalized spacial score (nSPS) is 15.1. The van der Waals surface area contributed by atoms with Crippen LogP contribution in [0.15, 0.2) is 42.5 Å². The van der Waals surface area contributed by atoms with Crippen LogP contribution in [0.25, 0.3) is 0 Å². The zero-order valence-corrected chi connectivity index (χ0v) is 16.4. The number of halogens is 2. The third-order valence-electron chi connectivity index (χ3n) is 4.72. The second kappa shape index (κ2) is 8.80. The second-order valence-corrected chi connectivity index (χ2v) is 7.24. The molecule has 1 fully saturated rings. The molecule has 2 aromatic carbocycles. The van der Waals surface area contributed by atoms with Crippen LogP contribution < -0.4 is 5.32 Å². The Bertz CT molecular complexity index is 738. The van der Waals surface area contributed by atoms with Crippen LogP contribution in [0.4, 0.5) is 10.1 Å². The number of nitrogens with one attached hydrogen (secondary N) is 1. The van der Waals surface area contributed by atoms with Gasteiger partial charge in [0.25, 0.3) is 0 Å². The van der Waals surface area contributed by atoms with Crippen molar-refractivity contribution in [2.45, 2.75) is 19.9 Å². The van der Waals surface area contributed by atoms with E-state index in [-0.39, 0.29) is 5.82 Å². The summed E-state index contributed by atoms with van der Waals surface area (Å²) in [6.07, 6.45) is 1.03. The van der Waals surface area contributed by atoms with Gasteiger partial charge in [-0.15, -0.1) is 0 Å². The van der Waals surface area contributed by atoms with E-state index in [2.05, 4.69) is 46.3 Å². The van der Waals surface area contributed by atoms with Gasteiger partial charge in [-0.3, -0.25) is 4.90 Å². The van der Waals surface area contributed by atoms with Crippen LogP contribution in [-0.2, 0) is 13.0 Å². The van der Waals surface area contributed by atoms with E-state index >= 15 is 0 Å². The minimum Gasteiger partial charge on any atom is -0.346 e. The molecule has 3 nitrogen and oxygen atoms in total. The van der Waals surface area contributed by atoms with Crippen molar-refractivity contribution in [1.29, 1.82) is 0 Å². The summed E-state index contributed by atoms with van der Waals surface area (Å²) in [5.41, 5.74) is 2.88. The van der Waals surface area contributed by atoms with E-state index in [9.17, 15) is 4.39 Å². The maximum Gasteiger partial charge on any atom is 0.173 e. The van der Waals surface area contributed by atoms with Crippen LogP contribution in [0.3, 0.4) is 0 Å². The van der Waals surface area contributed by atoms with Crippen molar-refractivity contribution in [3.63, 3.8) is 0 Å². The number of benzene rings is 2. The van der Waals surface area contributed by atoms with Crippen molar-refractivity contribution < 1.29 is 4.39 Å². The molecule has 2 aromatic rings. The molecule has 1 aliphatic heterocycles. The minimum atomic E-state index is -0.243. The van der Waals surface area contributed by atoms with Crippen LogP contribution in [0.1, 0.15) is 18.1 Å². The quantitative estimate of drug-likeness (QED) is 0.770. The molecular formula is C20H23ClFN3S. The number of nitrogens with zero attached hydrogens (tertiary/aromatic N) is 2. The standard InChI is InChI=1S/C20H23ClFN3S/c1-2-15-6-8-16(9-7-15)23-20(26)25-12-10-24(11-13-25)14-17-18(21)4-3-5-19(17)22/h3-9H,2,10-14H2,1H3,(H,23,26). The highest BCUT2D eigenvalue weighted by Gasteiger charge is 2.20. The van der Waals surface area contributed by atoms with Gasteiger partial charge in [-0.05, 0) is 48.5 Å². The Balaban J connectivity index is 1.52. The molecular weight excluding hydrogens is 369 g/mol. The maximum atomic E-state index is 14.0. The Hall–Kier alpha value is -1.69.